The van der Waals surface area contributed by atoms with Crippen molar-refractivity contribution >= 4 is 6.08 Å². The van der Waals surface area contributed by atoms with Crippen molar-refractivity contribution in [3.05, 3.63) is 23.5 Å². The van der Waals surface area contributed by atoms with Crippen molar-refractivity contribution in [2.24, 2.45) is 0 Å². The molecule has 0 unspecified atom stereocenters. The number of aryl methyl sites for hydroxylation is 1. The van der Waals surface area contributed by atoms with E-state index in [4.69, 9.17) is 4.74 Å². The minimum atomic E-state index is 0.835. The third-order valence-corrected chi connectivity index (χ3v) is 1.38. The van der Waals surface area contributed by atoms with Crippen LogP contribution in [-0.4, -0.2) is 17.1 Å². The highest BCUT2D eigenvalue weighted by molar-refractivity contribution is 5.42. The van der Waals surface area contributed by atoms with E-state index in [9.17, 15) is 0 Å². The first-order valence-electron chi connectivity index (χ1n) is 3.46. The predicted octanol–water partition coefficient (Wildman–Crippen LogP) is 1.73. The Kier molecular flexibility index (Phi) is 2.31. The van der Waals surface area contributed by atoms with Crippen molar-refractivity contribution in [3.8, 4) is 0 Å². The van der Waals surface area contributed by atoms with Crippen LogP contribution in [0.4, 0.5) is 0 Å². The number of aromatic nitrogens is 2. The van der Waals surface area contributed by atoms with E-state index in [1.807, 2.05) is 19.9 Å². The van der Waals surface area contributed by atoms with Crippen LogP contribution in [0.5, 0.6) is 0 Å². The Morgan fingerprint density at radius 1 is 1.73 bits per heavy atom. The van der Waals surface area contributed by atoms with Crippen molar-refractivity contribution < 1.29 is 4.74 Å². The van der Waals surface area contributed by atoms with Gasteiger partial charge in [0.25, 0.3) is 0 Å². The second-order valence-corrected chi connectivity index (χ2v) is 2.41. The smallest absolute Gasteiger partial charge is 0.133 e. The fraction of sp³-hybridized carbons (Fsp3) is 0.375. The summed E-state index contributed by atoms with van der Waals surface area (Å²) in [4.78, 5) is 7.17. The maximum atomic E-state index is 4.96. The van der Waals surface area contributed by atoms with Crippen LogP contribution in [0.2, 0.25) is 0 Å². The fourth-order valence-electron chi connectivity index (χ4n) is 0.758. The van der Waals surface area contributed by atoms with E-state index in [0.717, 1.165) is 17.3 Å². The highest BCUT2D eigenvalue weighted by Crippen LogP contribution is 2.02. The van der Waals surface area contributed by atoms with Crippen molar-refractivity contribution in [2.45, 2.75) is 13.8 Å². The molecule has 0 radical (unpaired) electrons. The molecule has 0 amide bonds. The van der Waals surface area contributed by atoms with Gasteiger partial charge in [0.2, 0.25) is 0 Å². The Morgan fingerprint density at radius 3 is 2.91 bits per heavy atom. The minimum Gasteiger partial charge on any atom is -0.501 e. The number of H-pyrrole nitrogens is 1. The SMILES string of the molecule is CO/C(C)=C\c1ncc(C)[nH]1. The van der Waals surface area contributed by atoms with Crippen LogP contribution in [0.3, 0.4) is 0 Å². The molecule has 0 aromatic carbocycles. The third kappa shape index (κ3) is 2.11. The normalized spacial score (nSPS) is 11.7. The summed E-state index contributed by atoms with van der Waals surface area (Å²) in [5.74, 6) is 1.68. The van der Waals surface area contributed by atoms with E-state index < -0.39 is 0 Å². The molecule has 60 valence electrons. The molecule has 1 rings (SSSR count). The van der Waals surface area contributed by atoms with Crippen LogP contribution in [0.25, 0.3) is 6.08 Å². The maximum absolute atomic E-state index is 4.96. The summed E-state index contributed by atoms with van der Waals surface area (Å²) in [7, 11) is 1.64. The summed E-state index contributed by atoms with van der Waals surface area (Å²) in [6.07, 6.45) is 3.64. The summed E-state index contributed by atoms with van der Waals surface area (Å²) >= 11 is 0. The van der Waals surface area contributed by atoms with Crippen LogP contribution >= 0.6 is 0 Å². The molecule has 1 heterocycles. The first-order valence-corrected chi connectivity index (χ1v) is 3.46. The molecule has 3 nitrogen and oxygen atoms in total. The summed E-state index contributed by atoms with van der Waals surface area (Å²) in [6, 6.07) is 0. The van der Waals surface area contributed by atoms with Gasteiger partial charge in [-0.25, -0.2) is 4.98 Å². The molecule has 0 atom stereocenters. The lowest BCUT2D eigenvalue weighted by Crippen LogP contribution is -1.81. The molecule has 0 saturated heterocycles. The average molecular weight is 152 g/mol. The molecular weight excluding hydrogens is 140 g/mol. The first kappa shape index (κ1) is 7.85. The molecule has 0 spiro atoms. The largest absolute Gasteiger partial charge is 0.501 e. The summed E-state index contributed by atoms with van der Waals surface area (Å²) < 4.78 is 4.96. The molecule has 1 aromatic rings. The lowest BCUT2D eigenvalue weighted by molar-refractivity contribution is 0.297. The zero-order chi connectivity index (χ0) is 8.27. The third-order valence-electron chi connectivity index (χ3n) is 1.38. The molecular formula is C8H12N2O. The lowest BCUT2D eigenvalue weighted by Gasteiger charge is -1.94. The van der Waals surface area contributed by atoms with Gasteiger partial charge in [0.1, 0.15) is 5.82 Å². The number of allylic oxidation sites excluding steroid dienone is 1. The molecule has 1 aromatic heterocycles. The molecule has 0 aliphatic carbocycles. The maximum Gasteiger partial charge on any atom is 0.133 e. The number of hydrogen-bond acceptors (Lipinski definition) is 2. The zero-order valence-corrected chi connectivity index (χ0v) is 7.01. The number of hydrogen-bond donors (Lipinski definition) is 1. The van der Waals surface area contributed by atoms with E-state index in [2.05, 4.69) is 9.97 Å². The Labute approximate surface area is 66.1 Å². The highest BCUT2D eigenvalue weighted by atomic mass is 16.5. The van der Waals surface area contributed by atoms with Gasteiger partial charge in [0.05, 0.1) is 12.9 Å². The van der Waals surface area contributed by atoms with Gasteiger partial charge in [0, 0.05) is 18.0 Å². The van der Waals surface area contributed by atoms with Gasteiger partial charge in [-0.3, -0.25) is 0 Å². The summed E-state index contributed by atoms with van der Waals surface area (Å²) in [6.45, 7) is 3.85. The van der Waals surface area contributed by atoms with Gasteiger partial charge in [-0.1, -0.05) is 0 Å². The van der Waals surface area contributed by atoms with Crippen molar-refractivity contribution in [1.29, 1.82) is 0 Å². The van der Waals surface area contributed by atoms with Gasteiger partial charge in [0.15, 0.2) is 0 Å². The number of ether oxygens (including phenoxy) is 1. The van der Waals surface area contributed by atoms with Gasteiger partial charge in [-0.05, 0) is 13.8 Å². The van der Waals surface area contributed by atoms with Crippen LogP contribution in [-0.2, 0) is 4.74 Å². The molecule has 0 aliphatic heterocycles. The van der Waals surface area contributed by atoms with Crippen LogP contribution in [0.1, 0.15) is 18.4 Å². The van der Waals surface area contributed by atoms with Gasteiger partial charge in [-0.15, -0.1) is 0 Å². The minimum absolute atomic E-state index is 0.835. The quantitative estimate of drug-likeness (QED) is 0.655. The van der Waals surface area contributed by atoms with E-state index in [1.165, 1.54) is 0 Å². The lowest BCUT2D eigenvalue weighted by atomic mass is 10.4. The zero-order valence-electron chi connectivity index (χ0n) is 7.01. The van der Waals surface area contributed by atoms with E-state index >= 15 is 0 Å². The molecule has 0 aliphatic rings. The Hall–Kier alpha value is -1.25. The van der Waals surface area contributed by atoms with Gasteiger partial charge < -0.3 is 9.72 Å². The van der Waals surface area contributed by atoms with Gasteiger partial charge in [-0.2, -0.15) is 0 Å². The Morgan fingerprint density at radius 2 is 2.45 bits per heavy atom. The monoisotopic (exact) mass is 152 g/mol. The van der Waals surface area contributed by atoms with Crippen LogP contribution in [0.15, 0.2) is 12.0 Å². The highest BCUT2D eigenvalue weighted by Gasteiger charge is 1.92. The second-order valence-electron chi connectivity index (χ2n) is 2.41. The number of nitrogens with one attached hydrogen (secondary N) is 1. The average Bonchev–Trinajstić information content (AvgIpc) is 2.35. The predicted molar refractivity (Wildman–Crippen MR) is 44.0 cm³/mol. The Balaban J connectivity index is 2.78. The van der Waals surface area contributed by atoms with E-state index in [-0.39, 0.29) is 0 Å². The van der Waals surface area contributed by atoms with Crippen molar-refractivity contribution in [1.82, 2.24) is 9.97 Å². The first-order chi connectivity index (χ1) is 5.22. The number of aromatic amines is 1. The molecule has 0 fully saturated rings. The number of nitrogens with zero attached hydrogens (tertiary/aromatic N) is 1. The van der Waals surface area contributed by atoms with Crippen molar-refractivity contribution in [2.75, 3.05) is 7.11 Å². The van der Waals surface area contributed by atoms with Crippen LogP contribution in [0, 0.1) is 6.92 Å². The number of imidazole rings is 1. The van der Waals surface area contributed by atoms with E-state index in [1.54, 1.807) is 13.3 Å². The standard InChI is InChI=1S/C8H12N2O/c1-6-5-9-8(10-6)4-7(2)11-3/h4-5H,1-3H3,(H,9,10)/b7-4-. The summed E-state index contributed by atoms with van der Waals surface area (Å²) in [5, 5.41) is 0. The molecule has 0 saturated carbocycles. The number of methoxy groups -OCH3 is 1. The van der Waals surface area contributed by atoms with Crippen molar-refractivity contribution in [3.63, 3.8) is 0 Å². The summed E-state index contributed by atoms with van der Waals surface area (Å²) in [5.41, 5.74) is 1.06. The second kappa shape index (κ2) is 3.23. The fourth-order valence-corrected chi connectivity index (χ4v) is 0.758. The Bertz CT molecular complexity index is 263. The topological polar surface area (TPSA) is 37.9 Å². The van der Waals surface area contributed by atoms with E-state index in [0.29, 0.717) is 0 Å². The number of rotatable bonds is 2. The van der Waals surface area contributed by atoms with Gasteiger partial charge >= 0.3 is 0 Å². The molecule has 1 N–H and O–H groups in total. The molecule has 11 heavy (non-hydrogen) atoms. The molecule has 3 heteroatoms. The van der Waals surface area contributed by atoms with Crippen LogP contribution < -0.4 is 0 Å². The molecule has 0 bridgehead atoms.